The molecule has 106 valence electrons. The van der Waals surface area contributed by atoms with Crippen LogP contribution >= 0.6 is 11.8 Å². The number of carboxylic acid groups (broad SMARTS) is 1. The highest BCUT2D eigenvalue weighted by Gasteiger charge is 2.39. The summed E-state index contributed by atoms with van der Waals surface area (Å²) < 4.78 is 0. The quantitative estimate of drug-likeness (QED) is 0.826. The largest absolute Gasteiger partial charge is 0.478 e. The standard InChI is InChI=1S/C13H14N2O4S/c1-2-6-15-10(16)7-9(12(15)17)20-11-8(13(18)19)4-3-5-14-11/h3-5,9H,2,6-7H2,1H3,(H,18,19)/t9-/m0/s1. The van der Waals surface area contributed by atoms with E-state index in [1.54, 1.807) is 0 Å². The molecule has 0 saturated carbocycles. The van der Waals surface area contributed by atoms with E-state index in [2.05, 4.69) is 4.98 Å². The Balaban J connectivity index is 2.18. The molecular weight excluding hydrogens is 280 g/mol. The van der Waals surface area contributed by atoms with Crippen molar-refractivity contribution in [2.75, 3.05) is 6.54 Å². The fourth-order valence-electron chi connectivity index (χ4n) is 1.99. The van der Waals surface area contributed by atoms with E-state index in [1.165, 1.54) is 23.2 Å². The topological polar surface area (TPSA) is 87.6 Å². The van der Waals surface area contributed by atoms with Gasteiger partial charge in [0.15, 0.2) is 0 Å². The molecule has 0 spiro atoms. The molecule has 1 aromatic heterocycles. The Morgan fingerprint density at radius 1 is 1.55 bits per heavy atom. The molecule has 1 N–H and O–H groups in total. The third-order valence-electron chi connectivity index (χ3n) is 2.91. The van der Waals surface area contributed by atoms with Gasteiger partial charge in [0.05, 0.1) is 10.8 Å². The number of hydrogen-bond acceptors (Lipinski definition) is 5. The number of hydrogen-bond donors (Lipinski definition) is 1. The molecule has 1 aliphatic rings. The van der Waals surface area contributed by atoms with Crippen LogP contribution in [0.2, 0.25) is 0 Å². The van der Waals surface area contributed by atoms with Gasteiger partial charge < -0.3 is 5.11 Å². The Labute approximate surface area is 120 Å². The van der Waals surface area contributed by atoms with Crippen molar-refractivity contribution >= 4 is 29.5 Å². The third kappa shape index (κ3) is 2.82. The minimum Gasteiger partial charge on any atom is -0.478 e. The number of thioether (sulfide) groups is 1. The van der Waals surface area contributed by atoms with Crippen LogP contribution in [0.5, 0.6) is 0 Å². The Morgan fingerprint density at radius 2 is 2.30 bits per heavy atom. The Morgan fingerprint density at radius 3 is 2.95 bits per heavy atom. The molecule has 20 heavy (non-hydrogen) atoms. The number of aromatic carboxylic acids is 1. The number of imide groups is 1. The van der Waals surface area contributed by atoms with Gasteiger partial charge in [0.2, 0.25) is 11.8 Å². The molecule has 0 aliphatic carbocycles. The number of amides is 2. The summed E-state index contributed by atoms with van der Waals surface area (Å²) >= 11 is 1.04. The average Bonchev–Trinajstić information content (AvgIpc) is 2.67. The van der Waals surface area contributed by atoms with Gasteiger partial charge in [-0.3, -0.25) is 14.5 Å². The SMILES string of the molecule is CCCN1C(=O)C[C@H](Sc2ncccc2C(=O)O)C1=O. The first kappa shape index (κ1) is 14.5. The maximum absolute atomic E-state index is 12.1. The van der Waals surface area contributed by atoms with Gasteiger partial charge in [0, 0.05) is 19.2 Å². The monoisotopic (exact) mass is 294 g/mol. The first-order valence-electron chi connectivity index (χ1n) is 6.23. The van der Waals surface area contributed by atoms with Gasteiger partial charge in [-0.05, 0) is 18.6 Å². The molecule has 7 heteroatoms. The molecule has 2 heterocycles. The van der Waals surface area contributed by atoms with Crippen molar-refractivity contribution in [2.24, 2.45) is 0 Å². The van der Waals surface area contributed by atoms with Gasteiger partial charge in [0.25, 0.3) is 0 Å². The molecular formula is C13H14N2O4S. The lowest BCUT2D eigenvalue weighted by Crippen LogP contribution is -2.31. The minimum atomic E-state index is -1.09. The third-order valence-corrected chi connectivity index (χ3v) is 4.11. The van der Waals surface area contributed by atoms with Crippen LogP contribution in [0, 0.1) is 0 Å². The van der Waals surface area contributed by atoms with Crippen molar-refractivity contribution < 1.29 is 19.5 Å². The van der Waals surface area contributed by atoms with E-state index < -0.39 is 11.2 Å². The second kappa shape index (κ2) is 6.04. The van der Waals surface area contributed by atoms with Crippen molar-refractivity contribution in [3.05, 3.63) is 23.9 Å². The average molecular weight is 294 g/mol. The highest BCUT2D eigenvalue weighted by atomic mass is 32.2. The summed E-state index contributed by atoms with van der Waals surface area (Å²) in [7, 11) is 0. The molecule has 1 aromatic rings. The van der Waals surface area contributed by atoms with E-state index in [9.17, 15) is 14.4 Å². The number of carbonyl (C=O) groups is 3. The summed E-state index contributed by atoms with van der Waals surface area (Å²) in [6.07, 6.45) is 2.28. The summed E-state index contributed by atoms with van der Waals surface area (Å²) in [4.78, 5) is 40.2. The van der Waals surface area contributed by atoms with Crippen LogP contribution < -0.4 is 0 Å². The zero-order valence-electron chi connectivity index (χ0n) is 10.9. The van der Waals surface area contributed by atoms with Crippen LogP contribution in [-0.2, 0) is 9.59 Å². The molecule has 0 bridgehead atoms. The fourth-order valence-corrected chi connectivity index (χ4v) is 3.11. The van der Waals surface area contributed by atoms with Crippen LogP contribution in [0.15, 0.2) is 23.4 Å². The van der Waals surface area contributed by atoms with Gasteiger partial charge in [-0.2, -0.15) is 0 Å². The van der Waals surface area contributed by atoms with E-state index in [1.807, 2.05) is 6.92 Å². The number of aromatic nitrogens is 1. The number of nitrogens with zero attached hydrogens (tertiary/aromatic N) is 2. The van der Waals surface area contributed by atoms with Crippen LogP contribution in [0.1, 0.15) is 30.1 Å². The molecule has 1 saturated heterocycles. The van der Waals surface area contributed by atoms with Gasteiger partial charge in [-0.25, -0.2) is 9.78 Å². The fraction of sp³-hybridized carbons (Fsp3) is 0.385. The summed E-state index contributed by atoms with van der Waals surface area (Å²) in [5.74, 6) is -1.56. The summed E-state index contributed by atoms with van der Waals surface area (Å²) in [5, 5.41) is 8.76. The van der Waals surface area contributed by atoms with Crippen LogP contribution in [0.3, 0.4) is 0 Å². The number of carbonyl (C=O) groups excluding carboxylic acids is 2. The Kier molecular flexibility index (Phi) is 4.39. The molecule has 0 unspecified atom stereocenters. The maximum atomic E-state index is 12.1. The lowest BCUT2D eigenvalue weighted by molar-refractivity contribution is -0.138. The Bertz CT molecular complexity index is 561. The molecule has 1 atom stereocenters. The lowest BCUT2D eigenvalue weighted by Gasteiger charge is -2.13. The smallest absolute Gasteiger partial charge is 0.338 e. The van der Waals surface area contributed by atoms with E-state index in [0.29, 0.717) is 13.0 Å². The summed E-state index contributed by atoms with van der Waals surface area (Å²) in [6, 6.07) is 2.96. The molecule has 6 nitrogen and oxygen atoms in total. The second-order valence-corrected chi connectivity index (χ2v) is 5.55. The van der Waals surface area contributed by atoms with Gasteiger partial charge in [0.1, 0.15) is 5.03 Å². The van der Waals surface area contributed by atoms with E-state index >= 15 is 0 Å². The van der Waals surface area contributed by atoms with E-state index in [0.717, 1.165) is 11.8 Å². The van der Waals surface area contributed by atoms with Crippen LogP contribution in [0.25, 0.3) is 0 Å². The number of likely N-dealkylation sites (tertiary alicyclic amines) is 1. The van der Waals surface area contributed by atoms with Gasteiger partial charge in [-0.1, -0.05) is 18.7 Å². The molecule has 0 radical (unpaired) electrons. The molecule has 0 aromatic carbocycles. The summed E-state index contributed by atoms with van der Waals surface area (Å²) in [6.45, 7) is 2.30. The molecule has 2 amide bonds. The predicted octanol–water partition coefficient (Wildman–Crippen LogP) is 1.41. The first-order chi connectivity index (χ1) is 9.54. The highest BCUT2D eigenvalue weighted by molar-refractivity contribution is 8.00. The number of carboxylic acids is 1. The zero-order chi connectivity index (χ0) is 14.7. The number of rotatable bonds is 5. The molecule has 2 rings (SSSR count). The van der Waals surface area contributed by atoms with Crippen molar-refractivity contribution in [1.29, 1.82) is 0 Å². The maximum Gasteiger partial charge on any atom is 0.338 e. The Hall–Kier alpha value is -1.89. The van der Waals surface area contributed by atoms with Crippen molar-refractivity contribution in [2.45, 2.75) is 30.0 Å². The first-order valence-corrected chi connectivity index (χ1v) is 7.11. The normalized spacial score (nSPS) is 18.6. The van der Waals surface area contributed by atoms with Gasteiger partial charge in [-0.15, -0.1) is 0 Å². The van der Waals surface area contributed by atoms with Crippen LogP contribution in [0.4, 0.5) is 0 Å². The van der Waals surface area contributed by atoms with E-state index in [4.69, 9.17) is 5.11 Å². The number of pyridine rings is 1. The predicted molar refractivity (Wildman–Crippen MR) is 72.5 cm³/mol. The van der Waals surface area contributed by atoms with Crippen molar-refractivity contribution in [3.8, 4) is 0 Å². The molecule has 1 fully saturated rings. The summed E-state index contributed by atoms with van der Waals surface area (Å²) in [5.41, 5.74) is 0.0479. The van der Waals surface area contributed by atoms with Crippen molar-refractivity contribution in [1.82, 2.24) is 9.88 Å². The minimum absolute atomic E-state index is 0.0479. The molecule has 1 aliphatic heterocycles. The van der Waals surface area contributed by atoms with Crippen molar-refractivity contribution in [3.63, 3.8) is 0 Å². The van der Waals surface area contributed by atoms with Gasteiger partial charge >= 0.3 is 5.97 Å². The lowest BCUT2D eigenvalue weighted by atomic mass is 10.3. The second-order valence-electron chi connectivity index (χ2n) is 4.36. The zero-order valence-corrected chi connectivity index (χ0v) is 11.7. The highest BCUT2D eigenvalue weighted by Crippen LogP contribution is 2.32. The van der Waals surface area contributed by atoms with E-state index in [-0.39, 0.29) is 28.8 Å². The van der Waals surface area contributed by atoms with Crippen LogP contribution in [-0.4, -0.2) is 44.6 Å².